The predicted molar refractivity (Wildman–Crippen MR) is 64.6 cm³/mol. The molecule has 0 aliphatic carbocycles. The molecule has 2 rings (SSSR count). The van der Waals surface area contributed by atoms with Gasteiger partial charge in [0.1, 0.15) is 10.6 Å². The summed E-state index contributed by atoms with van der Waals surface area (Å²) in [5.74, 6) is 0.316. The van der Waals surface area contributed by atoms with Crippen molar-refractivity contribution < 1.29 is 14.6 Å². The average molecular weight is 268 g/mol. The zero-order valence-corrected chi connectivity index (χ0v) is 10.7. The molecule has 0 saturated heterocycles. The zero-order chi connectivity index (χ0) is 13.1. The number of nitrogens with zero attached hydrogens (tertiary/aromatic N) is 4. The van der Waals surface area contributed by atoms with E-state index in [0.717, 1.165) is 4.88 Å². The molecular formula is C10H12N4O3S. The Balaban J connectivity index is 2.36. The van der Waals surface area contributed by atoms with Gasteiger partial charge in [-0.2, -0.15) is 0 Å². The van der Waals surface area contributed by atoms with E-state index in [1.54, 1.807) is 14.0 Å². The Morgan fingerprint density at radius 2 is 2.44 bits per heavy atom. The van der Waals surface area contributed by atoms with Gasteiger partial charge in [0.05, 0.1) is 19.6 Å². The van der Waals surface area contributed by atoms with Gasteiger partial charge in [-0.05, 0) is 28.8 Å². The number of ether oxygens (including phenoxy) is 1. The van der Waals surface area contributed by atoms with E-state index in [-0.39, 0.29) is 12.5 Å². The van der Waals surface area contributed by atoms with Crippen LogP contribution in [0.3, 0.4) is 0 Å². The molecule has 0 aliphatic rings. The smallest absolute Gasteiger partial charge is 0.305 e. The highest BCUT2D eigenvalue weighted by atomic mass is 32.1. The van der Waals surface area contributed by atoms with Gasteiger partial charge in [-0.1, -0.05) is 0 Å². The standard InChI is InChI=1S/C10H12N4O3S/c1-6(5-8(15)16)14-10(11-12-13-14)9-7(17-2)3-4-18-9/h3-4,6H,5H2,1-2H3,(H,15,16). The van der Waals surface area contributed by atoms with Crippen LogP contribution >= 0.6 is 11.3 Å². The van der Waals surface area contributed by atoms with E-state index in [1.807, 2.05) is 11.4 Å². The summed E-state index contributed by atoms with van der Waals surface area (Å²) in [5.41, 5.74) is 0. The van der Waals surface area contributed by atoms with Gasteiger partial charge in [0.15, 0.2) is 5.82 Å². The van der Waals surface area contributed by atoms with Crippen LogP contribution in [0, 0.1) is 0 Å². The molecule has 0 spiro atoms. The molecule has 2 aromatic rings. The lowest BCUT2D eigenvalue weighted by molar-refractivity contribution is -0.137. The highest BCUT2D eigenvalue weighted by Crippen LogP contribution is 2.34. The lowest BCUT2D eigenvalue weighted by Gasteiger charge is -2.10. The molecule has 1 atom stereocenters. The second kappa shape index (κ2) is 5.13. The molecule has 2 aromatic heterocycles. The van der Waals surface area contributed by atoms with Crippen molar-refractivity contribution in [1.29, 1.82) is 0 Å². The van der Waals surface area contributed by atoms with E-state index in [2.05, 4.69) is 15.5 Å². The van der Waals surface area contributed by atoms with E-state index in [4.69, 9.17) is 9.84 Å². The van der Waals surface area contributed by atoms with Crippen LogP contribution in [-0.2, 0) is 4.79 Å². The summed E-state index contributed by atoms with van der Waals surface area (Å²) in [6, 6.07) is 1.50. The number of aromatic nitrogens is 4. The molecule has 0 bridgehead atoms. The van der Waals surface area contributed by atoms with Crippen molar-refractivity contribution in [3.8, 4) is 16.5 Å². The third-order valence-electron chi connectivity index (χ3n) is 2.43. The number of tetrazole rings is 1. The molecule has 18 heavy (non-hydrogen) atoms. The van der Waals surface area contributed by atoms with Gasteiger partial charge < -0.3 is 9.84 Å². The molecule has 7 nitrogen and oxygen atoms in total. The van der Waals surface area contributed by atoms with Crippen molar-refractivity contribution in [2.45, 2.75) is 19.4 Å². The summed E-state index contributed by atoms with van der Waals surface area (Å²) in [5, 5.41) is 22.1. The largest absolute Gasteiger partial charge is 0.495 e. The van der Waals surface area contributed by atoms with Crippen molar-refractivity contribution >= 4 is 17.3 Å². The third-order valence-corrected chi connectivity index (χ3v) is 3.32. The minimum Gasteiger partial charge on any atom is -0.495 e. The molecule has 1 N–H and O–H groups in total. The second-order valence-corrected chi connectivity index (χ2v) is 4.63. The van der Waals surface area contributed by atoms with E-state index < -0.39 is 5.97 Å². The van der Waals surface area contributed by atoms with Gasteiger partial charge in [-0.25, -0.2) is 4.68 Å². The van der Waals surface area contributed by atoms with Crippen molar-refractivity contribution in [2.24, 2.45) is 0 Å². The second-order valence-electron chi connectivity index (χ2n) is 3.71. The number of aliphatic carboxylic acids is 1. The highest BCUT2D eigenvalue weighted by Gasteiger charge is 2.20. The first-order valence-electron chi connectivity index (χ1n) is 5.25. The van der Waals surface area contributed by atoms with Crippen LogP contribution in [0.15, 0.2) is 11.4 Å². The van der Waals surface area contributed by atoms with E-state index in [0.29, 0.717) is 11.6 Å². The highest BCUT2D eigenvalue weighted by molar-refractivity contribution is 7.13. The summed E-state index contributed by atoms with van der Waals surface area (Å²) < 4.78 is 6.71. The molecule has 1 unspecified atom stereocenters. The third kappa shape index (κ3) is 2.33. The Hall–Kier alpha value is -1.96. The number of methoxy groups -OCH3 is 1. The molecule has 96 valence electrons. The van der Waals surface area contributed by atoms with E-state index >= 15 is 0 Å². The predicted octanol–water partition coefficient (Wildman–Crippen LogP) is 1.45. The van der Waals surface area contributed by atoms with Crippen LogP contribution in [0.25, 0.3) is 10.7 Å². The molecule has 2 heterocycles. The summed E-state index contributed by atoms with van der Waals surface area (Å²) in [7, 11) is 1.57. The molecule has 0 fully saturated rings. The van der Waals surface area contributed by atoms with Crippen molar-refractivity contribution in [2.75, 3.05) is 7.11 Å². The summed E-state index contributed by atoms with van der Waals surface area (Å²) in [6.07, 6.45) is -0.0360. The van der Waals surface area contributed by atoms with E-state index in [1.165, 1.54) is 16.0 Å². The quantitative estimate of drug-likeness (QED) is 0.882. The number of hydrogen-bond acceptors (Lipinski definition) is 6. The normalized spacial score (nSPS) is 12.3. The van der Waals surface area contributed by atoms with Gasteiger partial charge >= 0.3 is 5.97 Å². The van der Waals surface area contributed by atoms with Crippen molar-refractivity contribution in [3.05, 3.63) is 11.4 Å². The van der Waals surface area contributed by atoms with Crippen molar-refractivity contribution in [1.82, 2.24) is 20.2 Å². The number of thiophene rings is 1. The topological polar surface area (TPSA) is 90.1 Å². The lowest BCUT2D eigenvalue weighted by atomic mass is 10.2. The first-order chi connectivity index (χ1) is 8.63. The molecule has 0 aromatic carbocycles. The Labute approximate surface area is 107 Å². The number of hydrogen-bond donors (Lipinski definition) is 1. The number of carboxylic acid groups (broad SMARTS) is 1. The molecule has 0 amide bonds. The van der Waals surface area contributed by atoms with Crippen LogP contribution in [0.2, 0.25) is 0 Å². The lowest BCUT2D eigenvalue weighted by Crippen LogP contribution is -2.13. The van der Waals surface area contributed by atoms with E-state index in [9.17, 15) is 4.79 Å². The Morgan fingerprint density at radius 1 is 1.67 bits per heavy atom. The molecule has 0 aliphatic heterocycles. The zero-order valence-electron chi connectivity index (χ0n) is 9.90. The van der Waals surface area contributed by atoms with Crippen LogP contribution < -0.4 is 4.74 Å². The Bertz CT molecular complexity index is 551. The number of carbonyl (C=O) groups is 1. The molecule has 0 radical (unpaired) electrons. The van der Waals surface area contributed by atoms with Gasteiger partial charge in [-0.15, -0.1) is 16.4 Å². The number of carboxylic acids is 1. The van der Waals surface area contributed by atoms with Gasteiger partial charge in [0, 0.05) is 0 Å². The molecular weight excluding hydrogens is 256 g/mol. The van der Waals surface area contributed by atoms with Crippen LogP contribution in [0.4, 0.5) is 0 Å². The van der Waals surface area contributed by atoms with Crippen LogP contribution in [0.1, 0.15) is 19.4 Å². The SMILES string of the molecule is COc1ccsc1-c1nnnn1C(C)CC(=O)O. The summed E-state index contributed by atoms with van der Waals surface area (Å²) in [4.78, 5) is 11.5. The Kier molecular flexibility index (Phi) is 3.56. The van der Waals surface area contributed by atoms with Gasteiger partial charge in [-0.3, -0.25) is 4.79 Å². The minimum atomic E-state index is -0.887. The first kappa shape index (κ1) is 12.5. The maximum Gasteiger partial charge on any atom is 0.305 e. The maximum absolute atomic E-state index is 10.7. The monoisotopic (exact) mass is 268 g/mol. The summed E-state index contributed by atoms with van der Waals surface area (Å²) in [6.45, 7) is 1.76. The maximum atomic E-state index is 10.7. The fourth-order valence-electron chi connectivity index (χ4n) is 1.60. The number of rotatable bonds is 5. The minimum absolute atomic E-state index is 0.0360. The van der Waals surface area contributed by atoms with Crippen molar-refractivity contribution in [3.63, 3.8) is 0 Å². The van der Waals surface area contributed by atoms with Crippen LogP contribution in [0.5, 0.6) is 5.75 Å². The molecule has 8 heteroatoms. The van der Waals surface area contributed by atoms with Gasteiger partial charge in [0.2, 0.25) is 0 Å². The Morgan fingerprint density at radius 3 is 3.11 bits per heavy atom. The summed E-state index contributed by atoms with van der Waals surface area (Å²) >= 11 is 1.45. The van der Waals surface area contributed by atoms with Crippen LogP contribution in [-0.4, -0.2) is 38.4 Å². The van der Waals surface area contributed by atoms with Gasteiger partial charge in [0.25, 0.3) is 0 Å². The fraction of sp³-hybridized carbons (Fsp3) is 0.400. The fourth-order valence-corrected chi connectivity index (χ4v) is 2.44. The average Bonchev–Trinajstić information content (AvgIpc) is 2.96. The molecule has 0 saturated carbocycles. The first-order valence-corrected chi connectivity index (χ1v) is 6.13.